The Morgan fingerprint density at radius 3 is 0.263 bits per heavy atom. The molecule has 0 amide bonds. The maximum absolute atomic E-state index is 2.28. The normalized spacial score (nSPS) is 9.50. The lowest BCUT2D eigenvalue weighted by molar-refractivity contribution is 1.09. The van der Waals surface area contributed by atoms with Crippen LogP contribution in [-0.4, -0.2) is 0 Å². The van der Waals surface area contributed by atoms with E-state index in [0.717, 1.165) is 57.8 Å². The Labute approximate surface area is 472 Å². The Bertz CT molecular complexity index is 2080. The maximum Gasteiger partial charge on any atom is -0.00258 e. The molecule has 0 fully saturated rings. The van der Waals surface area contributed by atoms with Crippen LogP contribution in [0.1, 0.15) is 247 Å². The fraction of sp³-hybridized carbons (Fsp3) is 0.447. The molecule has 0 unspecified atom stereocenters. The number of hydrogen-bond acceptors (Lipinski definition) is 0. The smallest absolute Gasteiger partial charge is 0.00258 e. The van der Waals surface area contributed by atoms with Gasteiger partial charge in [0, 0.05) is 0 Å². The third-order valence-corrected chi connectivity index (χ3v) is 10.8. The van der Waals surface area contributed by atoms with Crippen molar-refractivity contribution in [2.45, 2.75) is 227 Å². The Kier molecular flexibility index (Phi) is 48.1. The number of hydrogen-bond donors (Lipinski definition) is 0. The van der Waals surface area contributed by atoms with Crippen molar-refractivity contribution < 1.29 is 0 Å². The van der Waals surface area contributed by atoms with Crippen molar-refractivity contribution in [1.82, 2.24) is 0 Å². The zero-order valence-electron chi connectivity index (χ0n) is 52.5. The zero-order valence-corrected chi connectivity index (χ0v) is 52.5. The SMILES string of the molecule is CCC.CCC.CCC.CCC.CCC.CCC.CCC.CCc1ccc(Cc2ccc(Cc3ccc(CC)cc3)cc2)cc1.CCc1ccc(Cc2ccc(Cc3ccc(Cc4ccc(CC)cc4)cc3)cc2)cc1. The van der Waals surface area contributed by atoms with Crippen molar-refractivity contribution >= 4 is 0 Å². The van der Waals surface area contributed by atoms with Crippen LogP contribution in [0.5, 0.6) is 0 Å². The molecule has 0 atom stereocenters. The lowest BCUT2D eigenvalue weighted by Crippen LogP contribution is -1.93. The lowest BCUT2D eigenvalue weighted by Gasteiger charge is -2.08. The van der Waals surface area contributed by atoms with Crippen LogP contribution in [-0.2, 0) is 57.8 Å². The van der Waals surface area contributed by atoms with Crippen molar-refractivity contribution in [2.24, 2.45) is 0 Å². The van der Waals surface area contributed by atoms with Crippen LogP contribution in [0.3, 0.4) is 0 Å². The first-order valence-electron chi connectivity index (χ1n) is 30.4. The van der Waals surface area contributed by atoms with Gasteiger partial charge in [-0.05, 0) is 136 Å². The van der Waals surface area contributed by atoms with E-state index in [-0.39, 0.29) is 0 Å². The fourth-order valence-corrected chi connectivity index (χ4v) is 7.07. The molecule has 0 saturated carbocycles. The van der Waals surface area contributed by atoms with Crippen LogP contribution in [0.4, 0.5) is 0 Å². The van der Waals surface area contributed by atoms with Crippen molar-refractivity contribution in [3.63, 3.8) is 0 Å². The molecule has 0 aliphatic rings. The van der Waals surface area contributed by atoms with Crippen LogP contribution in [0.2, 0.25) is 0 Å². The molecular formula is C76H114. The van der Waals surface area contributed by atoms with Gasteiger partial charge in [-0.15, -0.1) is 0 Å². The molecule has 7 aromatic carbocycles. The van der Waals surface area contributed by atoms with Gasteiger partial charge in [-0.2, -0.15) is 0 Å². The van der Waals surface area contributed by atoms with Crippen molar-refractivity contribution in [1.29, 1.82) is 0 Å². The number of rotatable bonds is 14. The highest BCUT2D eigenvalue weighted by Crippen LogP contribution is 2.19. The molecule has 0 N–H and O–H groups in total. The van der Waals surface area contributed by atoms with Gasteiger partial charge in [0.25, 0.3) is 0 Å². The first-order valence-corrected chi connectivity index (χ1v) is 30.4. The highest BCUT2D eigenvalue weighted by Gasteiger charge is 2.03. The Morgan fingerprint density at radius 2 is 0.197 bits per heavy atom. The van der Waals surface area contributed by atoms with Crippen molar-refractivity contribution in [3.8, 4) is 0 Å². The van der Waals surface area contributed by atoms with Gasteiger partial charge in [0.1, 0.15) is 0 Å². The standard InChI is InChI=1S/C31H32.C24H26.7C3H8/c1-3-24-5-9-26(10-6-24)21-28-13-17-30(18-14-28)23-31-19-15-29(16-20-31)22-27-11-7-25(4-2)8-12-27;1-3-19-5-9-21(10-6-19)17-23-13-15-24(16-14-23)18-22-11-7-20(4-2)8-12-22;7*1-3-2/h5-20H,3-4,21-23H2,1-2H3;5-16H,3-4,17-18H2,1-2H3;7*3H2,1-2H3. The molecule has 0 aromatic heterocycles. The third kappa shape index (κ3) is 36.5. The molecule has 0 aliphatic carbocycles. The summed E-state index contributed by atoms with van der Waals surface area (Å²) in [4.78, 5) is 0. The molecule has 7 aromatic rings. The van der Waals surface area contributed by atoms with Crippen LogP contribution >= 0.6 is 0 Å². The predicted octanol–water partition coefficient (Wildman–Crippen LogP) is 23.5. The third-order valence-electron chi connectivity index (χ3n) is 10.8. The molecule has 0 heteroatoms. The molecule has 0 saturated heterocycles. The first kappa shape index (κ1) is 72.6. The average molecular weight is 1030 g/mol. The van der Waals surface area contributed by atoms with E-state index in [0.29, 0.717) is 0 Å². The summed E-state index contributed by atoms with van der Waals surface area (Å²) < 4.78 is 0. The van der Waals surface area contributed by atoms with Gasteiger partial charge in [-0.1, -0.05) is 339 Å². The van der Waals surface area contributed by atoms with E-state index in [1.807, 2.05) is 0 Å². The van der Waals surface area contributed by atoms with E-state index in [2.05, 4.69) is 294 Å². The monoisotopic (exact) mass is 1030 g/mol. The minimum Gasteiger partial charge on any atom is -0.0656 e. The molecule has 0 radical (unpaired) electrons. The fourth-order valence-electron chi connectivity index (χ4n) is 7.07. The van der Waals surface area contributed by atoms with E-state index >= 15 is 0 Å². The summed E-state index contributed by atoms with van der Waals surface area (Å²) in [6.07, 6.45) is 18.2. The summed E-state index contributed by atoms with van der Waals surface area (Å²) >= 11 is 0. The van der Waals surface area contributed by atoms with Gasteiger partial charge in [-0.25, -0.2) is 0 Å². The molecule has 0 aliphatic heterocycles. The first-order chi connectivity index (χ1) is 36.9. The zero-order chi connectivity index (χ0) is 57.2. The van der Waals surface area contributed by atoms with E-state index in [9.17, 15) is 0 Å². The van der Waals surface area contributed by atoms with Crippen LogP contribution in [0.25, 0.3) is 0 Å². The van der Waals surface area contributed by atoms with Gasteiger partial charge >= 0.3 is 0 Å². The van der Waals surface area contributed by atoms with E-state index in [1.165, 1.54) is 123 Å². The van der Waals surface area contributed by atoms with Crippen molar-refractivity contribution in [2.75, 3.05) is 0 Å². The van der Waals surface area contributed by atoms with Gasteiger partial charge in [-0.3, -0.25) is 0 Å². The average Bonchev–Trinajstić information content (AvgIpc) is 3.43. The summed E-state index contributed by atoms with van der Waals surface area (Å²) in [6, 6.07) is 63.2. The van der Waals surface area contributed by atoms with Gasteiger partial charge in [0.2, 0.25) is 0 Å². The second kappa shape index (κ2) is 50.4. The van der Waals surface area contributed by atoms with E-state index in [4.69, 9.17) is 0 Å². The largest absolute Gasteiger partial charge is 0.0656 e. The summed E-state index contributed by atoms with van der Waals surface area (Å²) in [5.41, 5.74) is 19.4. The minimum absolute atomic E-state index is 0.983. The van der Waals surface area contributed by atoms with Gasteiger partial charge < -0.3 is 0 Å². The number of benzene rings is 7. The molecule has 0 spiro atoms. The Balaban J connectivity index is 0. The highest BCUT2D eigenvalue weighted by molar-refractivity contribution is 5.36. The van der Waals surface area contributed by atoms with Crippen LogP contribution in [0, 0.1) is 0 Å². The predicted molar refractivity (Wildman–Crippen MR) is 348 cm³/mol. The summed E-state index contributed by atoms with van der Waals surface area (Å²) in [5.74, 6) is 0. The molecule has 418 valence electrons. The number of aryl methyl sites for hydroxylation is 4. The second-order valence-electron chi connectivity index (χ2n) is 20.0. The summed E-state index contributed by atoms with van der Waals surface area (Å²) in [6.45, 7) is 38.5. The topological polar surface area (TPSA) is 0 Å². The van der Waals surface area contributed by atoms with Crippen molar-refractivity contribution in [3.05, 3.63) is 248 Å². The molecule has 76 heavy (non-hydrogen) atoms. The Morgan fingerprint density at radius 1 is 0.132 bits per heavy atom. The summed E-state index contributed by atoms with van der Waals surface area (Å²) in [7, 11) is 0. The summed E-state index contributed by atoms with van der Waals surface area (Å²) in [5, 5.41) is 0. The van der Waals surface area contributed by atoms with E-state index < -0.39 is 0 Å². The molecular weight excluding hydrogens is 913 g/mol. The maximum atomic E-state index is 2.28. The molecule has 0 bridgehead atoms. The minimum atomic E-state index is 0.983. The molecule has 0 heterocycles. The quantitative estimate of drug-likeness (QED) is 0.102. The highest BCUT2D eigenvalue weighted by atomic mass is 14.1. The molecule has 0 nitrogen and oxygen atoms in total. The van der Waals surface area contributed by atoms with E-state index in [1.54, 1.807) is 0 Å². The Hall–Kier alpha value is -5.46. The van der Waals surface area contributed by atoms with Gasteiger partial charge in [0.15, 0.2) is 0 Å². The second-order valence-corrected chi connectivity index (χ2v) is 20.0. The molecule has 7 rings (SSSR count). The van der Waals surface area contributed by atoms with Gasteiger partial charge in [0.05, 0.1) is 0 Å². The van der Waals surface area contributed by atoms with Crippen LogP contribution in [0.15, 0.2) is 170 Å². The lowest BCUT2D eigenvalue weighted by atomic mass is 9.98. The van der Waals surface area contributed by atoms with Crippen LogP contribution < -0.4 is 0 Å².